The molecule has 3 rings (SSSR count). The van der Waals surface area contributed by atoms with Gasteiger partial charge in [0.2, 0.25) is 11.8 Å². The molecule has 1 aliphatic rings. The fraction of sp³-hybridized carbons (Fsp3) is 0.263. The standard InChI is InChI=1S/C19H20N2O2S/c22-18(11-17-19(23)20-14-24-17)21(12-15-7-3-1-4-8-15)13-16-9-5-2-6-10-16/h1-10,17H,11-14H2,(H,20,23). The number of thioether (sulfide) groups is 1. The fourth-order valence-corrected chi connectivity index (χ4v) is 3.60. The largest absolute Gasteiger partial charge is 0.346 e. The normalized spacial score (nSPS) is 16.7. The molecule has 124 valence electrons. The number of amides is 2. The van der Waals surface area contributed by atoms with Crippen LogP contribution in [0.5, 0.6) is 0 Å². The monoisotopic (exact) mass is 340 g/mol. The molecule has 2 amide bonds. The molecule has 1 unspecified atom stereocenters. The van der Waals surface area contributed by atoms with E-state index in [4.69, 9.17) is 0 Å². The average molecular weight is 340 g/mol. The minimum Gasteiger partial charge on any atom is -0.346 e. The van der Waals surface area contributed by atoms with Gasteiger partial charge in [-0.1, -0.05) is 60.7 Å². The van der Waals surface area contributed by atoms with Crippen molar-refractivity contribution in [3.63, 3.8) is 0 Å². The van der Waals surface area contributed by atoms with E-state index < -0.39 is 0 Å². The van der Waals surface area contributed by atoms with Crippen molar-refractivity contribution >= 4 is 23.6 Å². The van der Waals surface area contributed by atoms with E-state index >= 15 is 0 Å². The number of carbonyl (C=O) groups is 2. The minimum atomic E-state index is -0.272. The van der Waals surface area contributed by atoms with Crippen LogP contribution >= 0.6 is 11.8 Å². The summed E-state index contributed by atoms with van der Waals surface area (Å²) in [6.07, 6.45) is 0.246. The van der Waals surface area contributed by atoms with Gasteiger partial charge in [-0.05, 0) is 11.1 Å². The minimum absolute atomic E-state index is 0.0113. The predicted octanol–water partition coefficient (Wildman–Crippen LogP) is 2.79. The van der Waals surface area contributed by atoms with Crippen LogP contribution in [0.25, 0.3) is 0 Å². The van der Waals surface area contributed by atoms with Gasteiger partial charge in [-0.3, -0.25) is 9.59 Å². The van der Waals surface area contributed by atoms with Crippen LogP contribution in [0.1, 0.15) is 17.5 Å². The molecule has 4 nitrogen and oxygen atoms in total. The van der Waals surface area contributed by atoms with Crippen LogP contribution in [-0.4, -0.2) is 27.8 Å². The van der Waals surface area contributed by atoms with Gasteiger partial charge in [-0.2, -0.15) is 0 Å². The lowest BCUT2D eigenvalue weighted by molar-refractivity contribution is -0.134. The van der Waals surface area contributed by atoms with Crippen LogP contribution in [0, 0.1) is 0 Å². The summed E-state index contributed by atoms with van der Waals surface area (Å²) in [5, 5.41) is 2.49. The van der Waals surface area contributed by atoms with Gasteiger partial charge in [0.25, 0.3) is 0 Å². The number of hydrogen-bond donors (Lipinski definition) is 1. The maximum Gasteiger partial charge on any atom is 0.234 e. The average Bonchev–Trinajstić information content (AvgIpc) is 3.01. The SMILES string of the molecule is O=C1NCSC1CC(=O)N(Cc1ccccc1)Cc1ccccc1. The summed E-state index contributed by atoms with van der Waals surface area (Å²) < 4.78 is 0. The Hall–Kier alpha value is -2.27. The van der Waals surface area contributed by atoms with E-state index in [1.807, 2.05) is 65.6 Å². The summed E-state index contributed by atoms with van der Waals surface area (Å²) in [5.74, 6) is 0.568. The number of rotatable bonds is 6. The van der Waals surface area contributed by atoms with Crippen LogP contribution in [-0.2, 0) is 22.7 Å². The number of carbonyl (C=O) groups excluding carboxylic acids is 2. The lowest BCUT2D eigenvalue weighted by atomic mass is 10.1. The molecular weight excluding hydrogens is 320 g/mol. The first-order valence-corrected chi connectivity index (χ1v) is 9.02. The summed E-state index contributed by atoms with van der Waals surface area (Å²) in [6, 6.07) is 19.9. The number of nitrogens with zero attached hydrogens (tertiary/aromatic N) is 1. The third-order valence-corrected chi connectivity index (χ3v) is 5.06. The van der Waals surface area contributed by atoms with E-state index in [0.717, 1.165) is 11.1 Å². The van der Waals surface area contributed by atoms with E-state index in [1.54, 1.807) is 0 Å². The topological polar surface area (TPSA) is 49.4 Å². The van der Waals surface area contributed by atoms with Crippen molar-refractivity contribution in [2.45, 2.75) is 24.8 Å². The van der Waals surface area contributed by atoms with Crippen molar-refractivity contribution in [1.29, 1.82) is 0 Å². The first kappa shape index (κ1) is 16.6. The number of nitrogens with one attached hydrogen (secondary N) is 1. The molecule has 0 spiro atoms. The molecule has 0 aromatic heterocycles. The smallest absolute Gasteiger partial charge is 0.234 e. The quantitative estimate of drug-likeness (QED) is 0.880. The molecule has 0 radical (unpaired) electrons. The van der Waals surface area contributed by atoms with Crippen LogP contribution in [0.3, 0.4) is 0 Å². The second-order valence-electron chi connectivity index (χ2n) is 5.77. The van der Waals surface area contributed by atoms with E-state index in [-0.39, 0.29) is 23.5 Å². The Morgan fingerprint density at radius 2 is 1.54 bits per heavy atom. The zero-order valence-corrected chi connectivity index (χ0v) is 14.2. The number of benzene rings is 2. The van der Waals surface area contributed by atoms with Crippen molar-refractivity contribution in [2.24, 2.45) is 0 Å². The molecule has 0 bridgehead atoms. The molecule has 1 fully saturated rings. The third kappa shape index (κ3) is 4.38. The van der Waals surface area contributed by atoms with Crippen molar-refractivity contribution in [1.82, 2.24) is 10.2 Å². The molecule has 1 saturated heterocycles. The van der Waals surface area contributed by atoms with Gasteiger partial charge in [0.1, 0.15) is 0 Å². The van der Waals surface area contributed by atoms with Gasteiger partial charge in [-0.15, -0.1) is 11.8 Å². The van der Waals surface area contributed by atoms with Crippen LogP contribution in [0.15, 0.2) is 60.7 Å². The van der Waals surface area contributed by atoms with E-state index in [1.165, 1.54) is 11.8 Å². The second kappa shape index (κ2) is 8.02. The lowest BCUT2D eigenvalue weighted by Crippen LogP contribution is -2.34. The Bertz CT molecular complexity index is 650. The highest BCUT2D eigenvalue weighted by Gasteiger charge is 2.29. The highest BCUT2D eigenvalue weighted by atomic mass is 32.2. The molecule has 1 aliphatic heterocycles. The Morgan fingerprint density at radius 1 is 1.00 bits per heavy atom. The van der Waals surface area contributed by atoms with Gasteiger partial charge in [-0.25, -0.2) is 0 Å². The lowest BCUT2D eigenvalue weighted by Gasteiger charge is -2.24. The van der Waals surface area contributed by atoms with Gasteiger partial charge >= 0.3 is 0 Å². The molecule has 1 heterocycles. The van der Waals surface area contributed by atoms with Gasteiger partial charge < -0.3 is 10.2 Å². The first-order chi connectivity index (χ1) is 11.7. The van der Waals surface area contributed by atoms with Crippen molar-refractivity contribution in [3.05, 3.63) is 71.8 Å². The summed E-state index contributed by atoms with van der Waals surface area (Å²) in [7, 11) is 0. The Morgan fingerprint density at radius 3 is 2.00 bits per heavy atom. The van der Waals surface area contributed by atoms with Crippen LogP contribution < -0.4 is 5.32 Å². The molecular formula is C19H20N2O2S. The summed E-state index contributed by atoms with van der Waals surface area (Å²) in [4.78, 5) is 26.4. The van der Waals surface area contributed by atoms with Crippen molar-refractivity contribution in [3.8, 4) is 0 Å². The first-order valence-electron chi connectivity index (χ1n) is 7.97. The molecule has 2 aromatic rings. The number of hydrogen-bond acceptors (Lipinski definition) is 3. The zero-order valence-electron chi connectivity index (χ0n) is 13.4. The maximum atomic E-state index is 12.8. The highest BCUT2D eigenvalue weighted by molar-refractivity contribution is 8.01. The van der Waals surface area contributed by atoms with Gasteiger partial charge in [0, 0.05) is 19.5 Å². The van der Waals surface area contributed by atoms with E-state index in [0.29, 0.717) is 19.0 Å². The molecule has 5 heteroatoms. The Balaban J connectivity index is 1.73. The molecule has 2 aromatic carbocycles. The molecule has 0 aliphatic carbocycles. The Kier molecular flexibility index (Phi) is 5.54. The van der Waals surface area contributed by atoms with Crippen LogP contribution in [0.2, 0.25) is 0 Å². The Labute approximate surface area is 146 Å². The van der Waals surface area contributed by atoms with E-state index in [2.05, 4.69) is 5.32 Å². The summed E-state index contributed by atoms with van der Waals surface area (Å²) in [5.41, 5.74) is 2.18. The van der Waals surface area contributed by atoms with Gasteiger partial charge in [0.05, 0.1) is 11.1 Å². The predicted molar refractivity (Wildman–Crippen MR) is 96.1 cm³/mol. The van der Waals surface area contributed by atoms with E-state index in [9.17, 15) is 9.59 Å². The van der Waals surface area contributed by atoms with Crippen LogP contribution in [0.4, 0.5) is 0 Å². The highest BCUT2D eigenvalue weighted by Crippen LogP contribution is 2.21. The molecule has 1 atom stereocenters. The maximum absolute atomic E-state index is 12.8. The zero-order chi connectivity index (χ0) is 16.8. The fourth-order valence-electron chi connectivity index (χ4n) is 2.68. The summed E-state index contributed by atoms with van der Waals surface area (Å²) >= 11 is 1.50. The second-order valence-corrected chi connectivity index (χ2v) is 6.96. The van der Waals surface area contributed by atoms with Gasteiger partial charge in [0.15, 0.2) is 0 Å². The molecule has 1 N–H and O–H groups in total. The molecule has 0 saturated carbocycles. The third-order valence-electron chi connectivity index (χ3n) is 3.97. The molecule has 24 heavy (non-hydrogen) atoms. The summed E-state index contributed by atoms with van der Waals surface area (Å²) in [6.45, 7) is 1.10. The van der Waals surface area contributed by atoms with Crippen molar-refractivity contribution in [2.75, 3.05) is 5.88 Å². The van der Waals surface area contributed by atoms with Crippen molar-refractivity contribution < 1.29 is 9.59 Å².